The van der Waals surface area contributed by atoms with Crippen molar-refractivity contribution in [3.63, 3.8) is 0 Å². The molecule has 0 radical (unpaired) electrons. The van der Waals surface area contributed by atoms with Gasteiger partial charge in [-0.3, -0.25) is 0 Å². The van der Waals surface area contributed by atoms with Crippen molar-refractivity contribution in [2.45, 2.75) is 6.54 Å². The van der Waals surface area contributed by atoms with Crippen molar-refractivity contribution in [1.82, 2.24) is 0 Å². The van der Waals surface area contributed by atoms with E-state index in [1.54, 1.807) is 18.2 Å². The molecule has 2 aromatic carbocycles. The first-order chi connectivity index (χ1) is 9.43. The van der Waals surface area contributed by atoms with Crippen molar-refractivity contribution in [3.05, 3.63) is 63.9 Å². The van der Waals surface area contributed by atoms with Crippen LogP contribution in [-0.2, 0) is 6.54 Å². The normalized spacial score (nSPS) is 10.7. The first-order valence-corrected chi connectivity index (χ1v) is 5.80. The van der Waals surface area contributed by atoms with E-state index in [-0.39, 0.29) is 6.54 Å². The van der Waals surface area contributed by atoms with Gasteiger partial charge in [-0.05, 0) is 11.6 Å². The highest BCUT2D eigenvalue weighted by atomic mass is 35.5. The van der Waals surface area contributed by atoms with Crippen LogP contribution in [0.25, 0.3) is 0 Å². The van der Waals surface area contributed by atoms with Gasteiger partial charge in [0.15, 0.2) is 23.3 Å². The molecule has 2 rings (SSSR count). The van der Waals surface area contributed by atoms with Crippen molar-refractivity contribution in [3.8, 4) is 0 Å². The summed E-state index contributed by atoms with van der Waals surface area (Å²) in [4.78, 5) is 0. The largest absolute Gasteiger partial charge is 0.376 e. The molecule has 0 aromatic heterocycles. The summed E-state index contributed by atoms with van der Waals surface area (Å²) in [5, 5.41) is 2.48. The predicted octanol–water partition coefficient (Wildman–Crippen LogP) is 4.65. The maximum atomic E-state index is 13.4. The molecule has 20 heavy (non-hydrogen) atoms. The summed E-state index contributed by atoms with van der Waals surface area (Å²) in [6.07, 6.45) is 0. The zero-order valence-electron chi connectivity index (χ0n) is 9.78. The lowest BCUT2D eigenvalue weighted by molar-refractivity contribution is 0.381. The second kappa shape index (κ2) is 5.66. The van der Waals surface area contributed by atoms with Crippen LogP contribution in [0.2, 0.25) is 5.02 Å². The number of benzene rings is 2. The van der Waals surface area contributed by atoms with E-state index in [0.717, 1.165) is 0 Å². The molecule has 106 valence electrons. The van der Waals surface area contributed by atoms with Gasteiger partial charge >= 0.3 is 0 Å². The molecule has 0 spiro atoms. The number of rotatable bonds is 3. The quantitative estimate of drug-likeness (QED) is 0.494. The Balaban J connectivity index is 2.33. The van der Waals surface area contributed by atoms with Crippen LogP contribution in [0, 0.1) is 29.1 Å². The molecule has 0 amide bonds. The molecular formula is C13H7ClF5N. The molecule has 0 aliphatic heterocycles. The van der Waals surface area contributed by atoms with E-state index in [0.29, 0.717) is 10.6 Å². The minimum atomic E-state index is -2.19. The van der Waals surface area contributed by atoms with Gasteiger partial charge in [0.25, 0.3) is 0 Å². The van der Waals surface area contributed by atoms with Gasteiger partial charge in [-0.2, -0.15) is 0 Å². The summed E-state index contributed by atoms with van der Waals surface area (Å²) in [6, 6.07) is 6.37. The maximum absolute atomic E-state index is 13.4. The third kappa shape index (κ3) is 2.56. The van der Waals surface area contributed by atoms with Crippen molar-refractivity contribution >= 4 is 17.3 Å². The molecule has 7 heteroatoms. The highest BCUT2D eigenvalue weighted by Crippen LogP contribution is 2.28. The molecule has 0 bridgehead atoms. The Kier molecular flexibility index (Phi) is 4.13. The Labute approximate surface area is 116 Å². The lowest BCUT2D eigenvalue weighted by atomic mass is 10.2. The Morgan fingerprint density at radius 3 is 1.85 bits per heavy atom. The molecule has 1 N–H and O–H groups in total. The second-order valence-electron chi connectivity index (χ2n) is 3.89. The molecule has 0 fully saturated rings. The van der Waals surface area contributed by atoms with Crippen LogP contribution in [0.5, 0.6) is 0 Å². The number of hydrogen-bond acceptors (Lipinski definition) is 1. The van der Waals surface area contributed by atoms with Crippen LogP contribution >= 0.6 is 11.6 Å². The van der Waals surface area contributed by atoms with Crippen LogP contribution in [0.1, 0.15) is 5.56 Å². The molecule has 0 unspecified atom stereocenters. The van der Waals surface area contributed by atoms with Gasteiger partial charge in [0.2, 0.25) is 5.82 Å². The zero-order valence-corrected chi connectivity index (χ0v) is 10.5. The van der Waals surface area contributed by atoms with Gasteiger partial charge in [0, 0.05) is 11.6 Å². The van der Waals surface area contributed by atoms with E-state index < -0.39 is 34.8 Å². The fourth-order valence-corrected chi connectivity index (χ4v) is 1.79. The summed E-state index contributed by atoms with van der Waals surface area (Å²) in [5.74, 6) is -10.00. The first-order valence-electron chi connectivity index (χ1n) is 5.42. The zero-order chi connectivity index (χ0) is 14.9. The summed E-state index contributed by atoms with van der Waals surface area (Å²) >= 11 is 5.82. The minimum absolute atomic E-state index is 0.183. The molecule has 0 saturated heterocycles. The van der Waals surface area contributed by atoms with E-state index in [9.17, 15) is 22.0 Å². The van der Waals surface area contributed by atoms with Crippen LogP contribution in [0.3, 0.4) is 0 Å². The summed E-state index contributed by atoms with van der Waals surface area (Å²) < 4.78 is 65.6. The highest BCUT2D eigenvalue weighted by Gasteiger charge is 2.25. The molecular weight excluding hydrogens is 301 g/mol. The van der Waals surface area contributed by atoms with Gasteiger partial charge in [0.1, 0.15) is 5.69 Å². The average Bonchev–Trinajstić information content (AvgIpc) is 2.45. The van der Waals surface area contributed by atoms with E-state index in [2.05, 4.69) is 5.32 Å². The van der Waals surface area contributed by atoms with E-state index >= 15 is 0 Å². The summed E-state index contributed by atoms with van der Waals surface area (Å²) in [7, 11) is 0. The second-order valence-corrected chi connectivity index (χ2v) is 4.30. The summed E-state index contributed by atoms with van der Waals surface area (Å²) in [5.41, 5.74) is -0.626. The van der Waals surface area contributed by atoms with Crippen molar-refractivity contribution in [1.29, 1.82) is 0 Å². The molecule has 2 aromatic rings. The van der Waals surface area contributed by atoms with Crippen LogP contribution < -0.4 is 5.32 Å². The molecule has 0 aliphatic rings. The van der Waals surface area contributed by atoms with Crippen molar-refractivity contribution in [2.75, 3.05) is 5.32 Å². The molecule has 0 aliphatic carbocycles. The van der Waals surface area contributed by atoms with E-state index in [1.807, 2.05) is 0 Å². The summed E-state index contributed by atoms with van der Waals surface area (Å²) in [6.45, 7) is -0.183. The predicted molar refractivity (Wildman–Crippen MR) is 65.0 cm³/mol. The Morgan fingerprint density at radius 1 is 0.800 bits per heavy atom. The Bertz CT molecular complexity index is 630. The van der Waals surface area contributed by atoms with E-state index in [1.165, 1.54) is 6.07 Å². The smallest absolute Gasteiger partial charge is 0.200 e. The average molecular weight is 308 g/mol. The van der Waals surface area contributed by atoms with Crippen LogP contribution in [0.15, 0.2) is 24.3 Å². The number of nitrogens with one attached hydrogen (secondary N) is 1. The fraction of sp³-hybridized carbons (Fsp3) is 0.0769. The van der Waals surface area contributed by atoms with E-state index in [4.69, 9.17) is 11.6 Å². The fourth-order valence-electron chi connectivity index (χ4n) is 1.59. The number of hydrogen-bond donors (Lipinski definition) is 1. The Morgan fingerprint density at radius 2 is 1.30 bits per heavy atom. The van der Waals surface area contributed by atoms with Gasteiger partial charge in [0.05, 0.1) is 0 Å². The third-order valence-electron chi connectivity index (χ3n) is 2.62. The highest BCUT2D eigenvalue weighted by molar-refractivity contribution is 6.31. The molecule has 1 nitrogen and oxygen atoms in total. The Hall–Kier alpha value is -1.82. The molecule has 0 saturated carbocycles. The van der Waals surface area contributed by atoms with Gasteiger partial charge in [-0.25, -0.2) is 22.0 Å². The van der Waals surface area contributed by atoms with Crippen molar-refractivity contribution in [2.24, 2.45) is 0 Å². The van der Waals surface area contributed by atoms with Crippen LogP contribution in [0.4, 0.5) is 27.6 Å². The number of halogens is 6. The topological polar surface area (TPSA) is 12.0 Å². The lowest BCUT2D eigenvalue weighted by Gasteiger charge is -2.11. The molecule has 0 atom stereocenters. The SMILES string of the molecule is Fc1c(F)c(F)c(NCc2ccccc2Cl)c(F)c1F. The molecule has 0 heterocycles. The monoisotopic (exact) mass is 307 g/mol. The van der Waals surface area contributed by atoms with Gasteiger partial charge < -0.3 is 5.32 Å². The standard InChI is InChI=1S/C13H7ClF5N/c14-7-4-2-1-3-6(7)5-20-13-11(18)9(16)8(15)10(17)12(13)19/h1-4,20H,5H2. The minimum Gasteiger partial charge on any atom is -0.376 e. The lowest BCUT2D eigenvalue weighted by Crippen LogP contribution is -2.10. The van der Waals surface area contributed by atoms with Gasteiger partial charge in [-0.15, -0.1) is 0 Å². The van der Waals surface area contributed by atoms with Crippen molar-refractivity contribution < 1.29 is 22.0 Å². The van der Waals surface area contributed by atoms with Gasteiger partial charge in [-0.1, -0.05) is 29.8 Å². The first kappa shape index (κ1) is 14.6. The third-order valence-corrected chi connectivity index (χ3v) is 2.99. The maximum Gasteiger partial charge on any atom is 0.200 e. The van der Waals surface area contributed by atoms with Crippen LogP contribution in [-0.4, -0.2) is 0 Å². The number of anilines is 1.